The average molecular weight is 387 g/mol. The Morgan fingerprint density at radius 3 is 2.78 bits per heavy atom. The Morgan fingerprint density at radius 2 is 2.04 bits per heavy atom. The van der Waals surface area contributed by atoms with E-state index in [4.69, 9.17) is 4.74 Å². The molecule has 0 radical (unpaired) electrons. The maximum atomic E-state index is 12.0. The number of para-hydroxylation sites is 1. The second kappa shape index (κ2) is 8.19. The predicted octanol–water partition coefficient (Wildman–Crippen LogP) is 1.51. The van der Waals surface area contributed by atoms with Gasteiger partial charge in [0.15, 0.2) is 23.1 Å². The third-order valence-electron chi connectivity index (χ3n) is 3.27. The summed E-state index contributed by atoms with van der Waals surface area (Å²) in [5.41, 5.74) is 0.497. The first-order valence-electron chi connectivity index (χ1n) is 7.54. The maximum absolute atomic E-state index is 12.0. The number of rotatable bonds is 6. The molecule has 0 aliphatic rings. The number of esters is 2. The van der Waals surface area contributed by atoms with Crippen LogP contribution in [-0.2, 0) is 14.3 Å². The molecule has 0 atom stereocenters. The fourth-order valence-corrected chi connectivity index (χ4v) is 2.79. The highest BCUT2D eigenvalue weighted by atomic mass is 32.1. The zero-order valence-electron chi connectivity index (χ0n) is 14.0. The summed E-state index contributed by atoms with van der Waals surface area (Å²) in [5.74, 6) is -1.53. The molecule has 10 nitrogen and oxygen atoms in total. The van der Waals surface area contributed by atoms with Gasteiger partial charge in [0.25, 0.3) is 5.91 Å². The number of carbonyl (C=O) groups is 3. The van der Waals surface area contributed by atoms with Crippen molar-refractivity contribution in [1.82, 2.24) is 20.2 Å². The molecule has 27 heavy (non-hydrogen) atoms. The zero-order valence-corrected chi connectivity index (χ0v) is 14.8. The van der Waals surface area contributed by atoms with E-state index >= 15 is 0 Å². The van der Waals surface area contributed by atoms with Crippen LogP contribution in [0.25, 0.3) is 10.8 Å². The average Bonchev–Trinajstić information content (AvgIpc) is 3.37. The van der Waals surface area contributed by atoms with Crippen molar-refractivity contribution in [3.05, 3.63) is 47.2 Å². The van der Waals surface area contributed by atoms with E-state index in [2.05, 4.69) is 30.2 Å². The SMILES string of the molecule is COC(=O)c1ccccc1NC(=O)COC(=O)c1csc(-c2ncn[nH]2)n1. The van der Waals surface area contributed by atoms with Gasteiger partial charge < -0.3 is 14.8 Å². The second-order valence-electron chi connectivity index (χ2n) is 5.03. The van der Waals surface area contributed by atoms with Crippen LogP contribution in [0.15, 0.2) is 36.0 Å². The Hall–Kier alpha value is -3.60. The molecule has 3 aromatic rings. The van der Waals surface area contributed by atoms with Crippen molar-refractivity contribution in [2.24, 2.45) is 0 Å². The minimum Gasteiger partial charge on any atom is -0.465 e. The van der Waals surface area contributed by atoms with E-state index in [1.54, 1.807) is 12.1 Å². The van der Waals surface area contributed by atoms with Crippen LogP contribution in [-0.4, -0.2) is 51.7 Å². The van der Waals surface area contributed by atoms with Gasteiger partial charge in [-0.25, -0.2) is 19.6 Å². The van der Waals surface area contributed by atoms with E-state index < -0.39 is 24.5 Å². The Kier molecular flexibility index (Phi) is 5.52. The van der Waals surface area contributed by atoms with Crippen molar-refractivity contribution in [2.45, 2.75) is 0 Å². The molecule has 0 bridgehead atoms. The lowest BCUT2D eigenvalue weighted by atomic mass is 10.2. The molecule has 0 aliphatic heterocycles. The van der Waals surface area contributed by atoms with Crippen LogP contribution in [0.5, 0.6) is 0 Å². The third-order valence-corrected chi connectivity index (χ3v) is 4.12. The monoisotopic (exact) mass is 387 g/mol. The van der Waals surface area contributed by atoms with E-state index in [0.29, 0.717) is 10.8 Å². The minimum atomic E-state index is -0.756. The summed E-state index contributed by atoms with van der Waals surface area (Å²) >= 11 is 1.18. The van der Waals surface area contributed by atoms with Gasteiger partial charge in [-0.1, -0.05) is 12.1 Å². The third kappa shape index (κ3) is 4.33. The first kappa shape index (κ1) is 18.2. The van der Waals surface area contributed by atoms with E-state index in [-0.39, 0.29) is 16.9 Å². The van der Waals surface area contributed by atoms with Gasteiger partial charge in [0, 0.05) is 5.38 Å². The summed E-state index contributed by atoms with van der Waals surface area (Å²) in [6, 6.07) is 6.33. The van der Waals surface area contributed by atoms with Crippen LogP contribution >= 0.6 is 11.3 Å². The van der Waals surface area contributed by atoms with Crippen molar-refractivity contribution in [2.75, 3.05) is 19.0 Å². The van der Waals surface area contributed by atoms with E-state index in [1.165, 1.54) is 42.3 Å². The second-order valence-corrected chi connectivity index (χ2v) is 5.89. The first-order chi connectivity index (χ1) is 13.1. The fraction of sp³-hybridized carbons (Fsp3) is 0.125. The van der Waals surface area contributed by atoms with Crippen LogP contribution in [0, 0.1) is 0 Å². The lowest BCUT2D eigenvalue weighted by Crippen LogP contribution is -2.22. The Morgan fingerprint density at radius 1 is 1.22 bits per heavy atom. The van der Waals surface area contributed by atoms with Gasteiger partial charge in [0.05, 0.1) is 18.4 Å². The molecule has 0 fully saturated rings. The van der Waals surface area contributed by atoms with Crippen LogP contribution in [0.3, 0.4) is 0 Å². The van der Waals surface area contributed by atoms with Crippen molar-refractivity contribution >= 4 is 34.9 Å². The fourth-order valence-electron chi connectivity index (χ4n) is 2.06. The molecular formula is C16H13N5O5S. The van der Waals surface area contributed by atoms with Gasteiger partial charge in [-0.2, -0.15) is 5.10 Å². The summed E-state index contributed by atoms with van der Waals surface area (Å²) in [6.45, 7) is -0.538. The molecule has 1 amide bonds. The number of H-pyrrole nitrogens is 1. The zero-order chi connectivity index (χ0) is 19.2. The summed E-state index contributed by atoms with van der Waals surface area (Å²) in [7, 11) is 1.24. The number of benzene rings is 1. The number of nitrogens with one attached hydrogen (secondary N) is 2. The number of aromatic nitrogens is 4. The Bertz CT molecular complexity index is 969. The first-order valence-corrected chi connectivity index (χ1v) is 8.42. The number of methoxy groups -OCH3 is 1. The quantitative estimate of drug-likeness (QED) is 0.608. The van der Waals surface area contributed by atoms with Gasteiger partial charge in [-0.05, 0) is 12.1 Å². The van der Waals surface area contributed by atoms with Crippen LogP contribution in [0.1, 0.15) is 20.8 Å². The summed E-state index contributed by atoms with van der Waals surface area (Å²) in [4.78, 5) is 43.8. The molecule has 0 unspecified atom stereocenters. The molecular weight excluding hydrogens is 374 g/mol. The topological polar surface area (TPSA) is 136 Å². The predicted molar refractivity (Wildman–Crippen MR) is 94.2 cm³/mol. The van der Waals surface area contributed by atoms with Gasteiger partial charge >= 0.3 is 11.9 Å². The maximum Gasteiger partial charge on any atom is 0.358 e. The lowest BCUT2D eigenvalue weighted by molar-refractivity contribution is -0.119. The summed E-state index contributed by atoms with van der Waals surface area (Å²) in [6.07, 6.45) is 1.32. The number of carbonyl (C=O) groups excluding carboxylic acids is 3. The van der Waals surface area contributed by atoms with E-state index in [1.807, 2.05) is 0 Å². The van der Waals surface area contributed by atoms with Crippen molar-refractivity contribution in [3.63, 3.8) is 0 Å². The van der Waals surface area contributed by atoms with Crippen molar-refractivity contribution in [1.29, 1.82) is 0 Å². The molecule has 0 spiro atoms. The number of aromatic amines is 1. The lowest BCUT2D eigenvalue weighted by Gasteiger charge is -2.09. The molecule has 0 aliphatic carbocycles. The molecule has 2 aromatic heterocycles. The van der Waals surface area contributed by atoms with Gasteiger partial charge in [-0.3, -0.25) is 9.89 Å². The number of ether oxygens (including phenoxy) is 2. The Balaban J connectivity index is 1.58. The van der Waals surface area contributed by atoms with Crippen LogP contribution in [0.2, 0.25) is 0 Å². The molecule has 2 N–H and O–H groups in total. The van der Waals surface area contributed by atoms with Crippen molar-refractivity contribution < 1.29 is 23.9 Å². The van der Waals surface area contributed by atoms with Crippen molar-refractivity contribution in [3.8, 4) is 10.8 Å². The standard InChI is InChI=1S/C16H13N5O5S/c1-25-15(23)9-4-2-3-5-10(9)19-12(22)6-26-16(24)11-7-27-14(20-11)13-17-8-18-21-13/h2-5,7-8H,6H2,1H3,(H,19,22)(H,17,18,21). The number of nitrogens with zero attached hydrogens (tertiary/aromatic N) is 3. The summed E-state index contributed by atoms with van der Waals surface area (Å²) < 4.78 is 9.60. The highest BCUT2D eigenvalue weighted by Crippen LogP contribution is 2.20. The largest absolute Gasteiger partial charge is 0.465 e. The van der Waals surface area contributed by atoms with Crippen LogP contribution < -0.4 is 5.32 Å². The van der Waals surface area contributed by atoms with Gasteiger partial charge in [0.2, 0.25) is 0 Å². The van der Waals surface area contributed by atoms with Gasteiger partial charge in [0.1, 0.15) is 6.33 Å². The molecule has 138 valence electrons. The molecule has 2 heterocycles. The smallest absolute Gasteiger partial charge is 0.358 e. The van der Waals surface area contributed by atoms with Gasteiger partial charge in [-0.15, -0.1) is 11.3 Å². The summed E-state index contributed by atoms with van der Waals surface area (Å²) in [5, 5.41) is 10.8. The molecule has 3 rings (SSSR count). The molecule has 0 saturated carbocycles. The number of hydrogen-bond acceptors (Lipinski definition) is 9. The number of amides is 1. The highest BCUT2D eigenvalue weighted by molar-refractivity contribution is 7.13. The van der Waals surface area contributed by atoms with E-state index in [9.17, 15) is 14.4 Å². The number of hydrogen-bond donors (Lipinski definition) is 2. The number of anilines is 1. The molecule has 1 aromatic carbocycles. The normalized spacial score (nSPS) is 10.3. The highest BCUT2D eigenvalue weighted by Gasteiger charge is 2.17. The van der Waals surface area contributed by atoms with E-state index in [0.717, 1.165) is 0 Å². The number of thiazole rings is 1. The molecule has 11 heteroatoms. The molecule has 0 saturated heterocycles. The Labute approximate surface area is 156 Å². The minimum absolute atomic E-state index is 0.0501. The van der Waals surface area contributed by atoms with Crippen LogP contribution in [0.4, 0.5) is 5.69 Å².